The van der Waals surface area contributed by atoms with Crippen LogP contribution in [-0.2, 0) is 9.53 Å². The number of carbonyl (C=O) groups excluding carboxylic acids is 1. The number of hydrogen-bond acceptors (Lipinski definition) is 3. The average molecular weight is 471 g/mol. The van der Waals surface area contributed by atoms with Crippen molar-refractivity contribution in [3.05, 3.63) is 11.6 Å². The smallest absolute Gasteiger partial charge is 0.312 e. The van der Waals surface area contributed by atoms with E-state index < -0.39 is 0 Å². The Balaban J connectivity index is 1.61. The van der Waals surface area contributed by atoms with Gasteiger partial charge in [0.25, 0.3) is 0 Å². The second-order valence-electron chi connectivity index (χ2n) is 14.7. The summed E-state index contributed by atoms with van der Waals surface area (Å²) < 4.78 is 5.51. The van der Waals surface area contributed by atoms with E-state index in [2.05, 4.69) is 54.5 Å². The van der Waals surface area contributed by atoms with Crippen molar-refractivity contribution >= 4 is 5.97 Å². The number of carbonyl (C=O) groups is 1. The average Bonchev–Trinajstić information content (AvgIpc) is 2.79. The molecule has 0 aliphatic heterocycles. The van der Waals surface area contributed by atoms with Crippen molar-refractivity contribution in [1.82, 2.24) is 0 Å². The first-order valence-corrected chi connectivity index (χ1v) is 14.3. The Morgan fingerprint density at radius 2 is 1.65 bits per heavy atom. The summed E-state index contributed by atoms with van der Waals surface area (Å²) in [6, 6.07) is 0. The summed E-state index contributed by atoms with van der Waals surface area (Å²) in [7, 11) is 1.60. The summed E-state index contributed by atoms with van der Waals surface area (Å²) in [5, 5.41) is 10.9. The van der Waals surface area contributed by atoms with Crippen LogP contribution < -0.4 is 0 Å². The fourth-order valence-electron chi connectivity index (χ4n) is 11.0. The molecular formula is C31H50O3. The summed E-state index contributed by atoms with van der Waals surface area (Å²) in [5.41, 5.74) is 1.91. The molecule has 4 fully saturated rings. The van der Waals surface area contributed by atoms with Crippen LogP contribution in [0.2, 0.25) is 0 Å². The first-order valence-electron chi connectivity index (χ1n) is 14.3. The lowest BCUT2D eigenvalue weighted by Crippen LogP contribution is -2.65. The molecule has 34 heavy (non-hydrogen) atoms. The monoisotopic (exact) mass is 470 g/mol. The van der Waals surface area contributed by atoms with Gasteiger partial charge in [-0.2, -0.15) is 0 Å². The molecule has 3 nitrogen and oxygen atoms in total. The lowest BCUT2D eigenvalue weighted by atomic mass is 9.33. The Morgan fingerprint density at radius 1 is 0.941 bits per heavy atom. The molecule has 0 aromatic carbocycles. The third-order valence-corrected chi connectivity index (χ3v) is 13.6. The van der Waals surface area contributed by atoms with Gasteiger partial charge < -0.3 is 9.84 Å². The van der Waals surface area contributed by atoms with Gasteiger partial charge in [-0.3, -0.25) is 4.79 Å². The summed E-state index contributed by atoms with van der Waals surface area (Å²) in [4.78, 5) is 13.4. The zero-order valence-corrected chi connectivity index (χ0v) is 23.2. The van der Waals surface area contributed by atoms with Crippen molar-refractivity contribution in [3.63, 3.8) is 0 Å². The first kappa shape index (κ1) is 24.8. The second-order valence-corrected chi connectivity index (χ2v) is 14.7. The third kappa shape index (κ3) is 2.83. The topological polar surface area (TPSA) is 46.5 Å². The van der Waals surface area contributed by atoms with Crippen molar-refractivity contribution in [2.45, 2.75) is 112 Å². The molecule has 192 valence electrons. The molecule has 5 aliphatic rings. The standard InChI is InChI=1S/C31H50O3/c1-19-11-16-31(26(33)34-8)18-17-29(6)21(25(31)20(19)2)9-10-23-28(5)14-13-24(32)27(3,4)22(28)12-15-30(23,29)7/h9,19-20,22-25,32H,10-18H2,1-8H3/t19-,20+,22+,23+,24+,25-,28+,29-,30-,31+/m1/s1. The van der Waals surface area contributed by atoms with Crippen molar-refractivity contribution in [2.75, 3.05) is 7.11 Å². The Labute approximate surface area is 208 Å². The molecule has 3 heteroatoms. The summed E-state index contributed by atoms with van der Waals surface area (Å²) in [5.74, 6) is 2.73. The van der Waals surface area contributed by atoms with Crippen LogP contribution in [0, 0.1) is 56.7 Å². The van der Waals surface area contributed by atoms with Crippen LogP contribution in [0.5, 0.6) is 0 Å². The third-order valence-electron chi connectivity index (χ3n) is 13.6. The SMILES string of the molecule is COC(=O)[C@]12CC[C@@H](C)[C@H](C)[C@@H]1C1=CC[C@H]3[C@@]4(C)CC[C@H](O)C(C)(C)[C@@H]4CC[C@@]3(C)[C@]1(C)CC2. The van der Waals surface area contributed by atoms with Gasteiger partial charge in [0.1, 0.15) is 0 Å². The Bertz CT molecular complexity index is 889. The van der Waals surface area contributed by atoms with E-state index >= 15 is 0 Å². The molecule has 0 bridgehead atoms. The van der Waals surface area contributed by atoms with Crippen LogP contribution in [0.1, 0.15) is 106 Å². The summed E-state index contributed by atoms with van der Waals surface area (Å²) >= 11 is 0. The van der Waals surface area contributed by atoms with E-state index in [-0.39, 0.29) is 39.1 Å². The minimum atomic E-state index is -0.326. The maximum absolute atomic E-state index is 13.4. The van der Waals surface area contributed by atoms with Crippen LogP contribution in [0.3, 0.4) is 0 Å². The predicted octanol–water partition coefficient (Wildman–Crippen LogP) is 7.18. The van der Waals surface area contributed by atoms with Crippen LogP contribution >= 0.6 is 0 Å². The molecular weight excluding hydrogens is 420 g/mol. The highest BCUT2D eigenvalue weighted by atomic mass is 16.5. The molecule has 0 spiro atoms. The van der Waals surface area contributed by atoms with Gasteiger partial charge in [0.2, 0.25) is 0 Å². The van der Waals surface area contributed by atoms with Crippen molar-refractivity contribution < 1.29 is 14.6 Å². The number of rotatable bonds is 1. The van der Waals surface area contributed by atoms with Gasteiger partial charge in [-0.15, -0.1) is 0 Å². The second kappa shape index (κ2) is 7.59. The maximum atomic E-state index is 13.4. The van der Waals surface area contributed by atoms with E-state index in [0.717, 1.165) is 44.9 Å². The van der Waals surface area contributed by atoms with Crippen molar-refractivity contribution in [3.8, 4) is 0 Å². The number of aliphatic hydroxyl groups is 1. The molecule has 4 saturated carbocycles. The van der Waals surface area contributed by atoms with Gasteiger partial charge in [-0.25, -0.2) is 0 Å². The number of fused-ring (bicyclic) bond motifs is 7. The van der Waals surface area contributed by atoms with Crippen LogP contribution in [0.15, 0.2) is 11.6 Å². The van der Waals surface area contributed by atoms with Crippen LogP contribution in [0.4, 0.5) is 0 Å². The first-order chi connectivity index (χ1) is 15.8. The molecule has 0 radical (unpaired) electrons. The largest absolute Gasteiger partial charge is 0.469 e. The van der Waals surface area contributed by atoms with E-state index in [4.69, 9.17) is 4.74 Å². The molecule has 1 N–H and O–H groups in total. The van der Waals surface area contributed by atoms with E-state index in [9.17, 15) is 9.90 Å². The van der Waals surface area contributed by atoms with Crippen molar-refractivity contribution in [1.29, 1.82) is 0 Å². The van der Waals surface area contributed by atoms with Crippen LogP contribution in [-0.4, -0.2) is 24.3 Å². The predicted molar refractivity (Wildman–Crippen MR) is 137 cm³/mol. The molecule has 5 aliphatic carbocycles. The summed E-state index contributed by atoms with van der Waals surface area (Å²) in [6.45, 7) is 17.2. The fourth-order valence-corrected chi connectivity index (χ4v) is 11.0. The van der Waals surface area contributed by atoms with Gasteiger partial charge in [-0.05, 0) is 109 Å². The molecule has 0 saturated heterocycles. The number of ether oxygens (including phenoxy) is 1. The van der Waals surface area contributed by atoms with E-state index in [1.165, 1.54) is 12.8 Å². The quantitative estimate of drug-likeness (QED) is 0.326. The molecule has 0 unspecified atom stereocenters. The minimum absolute atomic E-state index is 0.0147. The Kier molecular flexibility index (Phi) is 5.55. The minimum Gasteiger partial charge on any atom is -0.469 e. The zero-order valence-electron chi connectivity index (χ0n) is 23.2. The highest BCUT2D eigenvalue weighted by molar-refractivity contribution is 5.78. The highest BCUT2D eigenvalue weighted by Gasteiger charge is 2.69. The normalized spacial score (nSPS) is 54.0. The van der Waals surface area contributed by atoms with Gasteiger partial charge in [0.05, 0.1) is 18.6 Å². The molecule has 0 aromatic rings. The van der Waals surface area contributed by atoms with Crippen molar-refractivity contribution in [2.24, 2.45) is 56.7 Å². The molecule has 10 atom stereocenters. The van der Waals surface area contributed by atoms with Crippen LogP contribution in [0.25, 0.3) is 0 Å². The lowest BCUT2D eigenvalue weighted by Gasteiger charge is -2.71. The number of aliphatic hydroxyl groups excluding tert-OH is 1. The Morgan fingerprint density at radius 3 is 2.32 bits per heavy atom. The lowest BCUT2D eigenvalue weighted by molar-refractivity contribution is -0.207. The maximum Gasteiger partial charge on any atom is 0.312 e. The molecule has 5 rings (SSSR count). The van der Waals surface area contributed by atoms with E-state index in [1.54, 1.807) is 12.7 Å². The number of hydrogen-bond donors (Lipinski definition) is 1. The fraction of sp³-hybridized carbons (Fsp3) is 0.903. The number of allylic oxidation sites excluding steroid dienone is 2. The molecule has 0 aromatic heterocycles. The molecule has 0 heterocycles. The highest BCUT2D eigenvalue weighted by Crippen LogP contribution is 2.75. The zero-order chi connectivity index (χ0) is 24.9. The Hall–Kier alpha value is -0.830. The van der Waals surface area contributed by atoms with Gasteiger partial charge >= 0.3 is 5.97 Å². The number of methoxy groups -OCH3 is 1. The van der Waals surface area contributed by atoms with Gasteiger partial charge in [-0.1, -0.05) is 60.1 Å². The van der Waals surface area contributed by atoms with Gasteiger partial charge in [0, 0.05) is 0 Å². The molecule has 0 amide bonds. The van der Waals surface area contributed by atoms with Gasteiger partial charge in [0.15, 0.2) is 0 Å². The van der Waals surface area contributed by atoms with E-state index in [1.807, 2.05) is 0 Å². The summed E-state index contributed by atoms with van der Waals surface area (Å²) in [6.07, 6.45) is 12.3. The van der Waals surface area contributed by atoms with E-state index in [0.29, 0.717) is 29.6 Å². The number of esters is 1.